The Morgan fingerprint density at radius 3 is 2.62 bits per heavy atom. The zero-order chi connectivity index (χ0) is 27.3. The van der Waals surface area contributed by atoms with Gasteiger partial charge in [0, 0.05) is 56.2 Å². The highest BCUT2D eigenvalue weighted by Crippen LogP contribution is 2.44. The van der Waals surface area contributed by atoms with Crippen LogP contribution in [0.15, 0.2) is 77.9 Å². The van der Waals surface area contributed by atoms with E-state index in [0.717, 1.165) is 67.2 Å². The molecule has 0 aliphatic carbocycles. The average molecular weight is 532 g/mol. The van der Waals surface area contributed by atoms with Gasteiger partial charge in [0.1, 0.15) is 17.2 Å². The third-order valence-corrected chi connectivity index (χ3v) is 8.21. The maximum absolute atomic E-state index is 13.0. The van der Waals surface area contributed by atoms with Crippen molar-refractivity contribution in [1.82, 2.24) is 19.9 Å². The molecular formula is C32H33N7O. The lowest BCUT2D eigenvalue weighted by molar-refractivity contribution is 0.156. The minimum atomic E-state index is -0.162. The van der Waals surface area contributed by atoms with Gasteiger partial charge in [-0.15, -0.1) is 0 Å². The molecule has 8 heteroatoms. The molecule has 0 atom stereocenters. The van der Waals surface area contributed by atoms with Crippen LogP contribution in [-0.2, 0) is 6.42 Å². The number of fused-ring (bicyclic) bond motifs is 1. The van der Waals surface area contributed by atoms with Crippen molar-refractivity contribution in [1.29, 1.82) is 0 Å². The van der Waals surface area contributed by atoms with Crippen LogP contribution in [0.5, 0.6) is 0 Å². The third-order valence-electron chi connectivity index (χ3n) is 8.21. The first-order valence-corrected chi connectivity index (χ1v) is 13.9. The first kappa shape index (κ1) is 24.5. The van der Waals surface area contributed by atoms with E-state index in [0.29, 0.717) is 16.8 Å². The molecule has 202 valence electrons. The summed E-state index contributed by atoms with van der Waals surface area (Å²) in [6, 6.07) is 20.9. The minimum Gasteiger partial charge on any atom is -0.384 e. The van der Waals surface area contributed by atoms with Crippen molar-refractivity contribution in [2.24, 2.45) is 5.41 Å². The highest BCUT2D eigenvalue weighted by molar-refractivity contribution is 5.87. The Kier molecular flexibility index (Phi) is 5.84. The molecule has 2 fully saturated rings. The summed E-state index contributed by atoms with van der Waals surface area (Å²) in [5, 5.41) is 3.47. The van der Waals surface area contributed by atoms with Crippen molar-refractivity contribution in [2.75, 3.05) is 47.8 Å². The van der Waals surface area contributed by atoms with Crippen LogP contribution in [0, 0.1) is 19.3 Å². The monoisotopic (exact) mass is 531 g/mol. The molecule has 2 aliphatic rings. The molecule has 7 rings (SSSR count). The number of rotatable bonds is 7. The van der Waals surface area contributed by atoms with Crippen LogP contribution >= 0.6 is 0 Å². The number of hydrogen-bond donors (Lipinski definition) is 3. The second kappa shape index (κ2) is 9.55. The second-order valence-electron chi connectivity index (χ2n) is 11.4. The molecule has 40 heavy (non-hydrogen) atoms. The van der Waals surface area contributed by atoms with Gasteiger partial charge in [0.05, 0.1) is 16.7 Å². The zero-order valence-corrected chi connectivity index (χ0v) is 22.9. The van der Waals surface area contributed by atoms with E-state index < -0.39 is 0 Å². The number of pyridine rings is 2. The summed E-state index contributed by atoms with van der Waals surface area (Å²) < 4.78 is 0. The molecule has 2 saturated heterocycles. The second-order valence-corrected chi connectivity index (χ2v) is 11.4. The first-order valence-electron chi connectivity index (χ1n) is 13.9. The highest BCUT2D eigenvalue weighted by atomic mass is 16.1. The molecule has 1 spiro atoms. The van der Waals surface area contributed by atoms with Gasteiger partial charge in [-0.3, -0.25) is 4.79 Å². The Bertz CT molecular complexity index is 1740. The van der Waals surface area contributed by atoms with Gasteiger partial charge in [0.2, 0.25) is 0 Å². The number of imidazole rings is 1. The van der Waals surface area contributed by atoms with Gasteiger partial charge in [-0.2, -0.15) is 0 Å². The van der Waals surface area contributed by atoms with E-state index in [2.05, 4.69) is 86.4 Å². The van der Waals surface area contributed by atoms with Crippen LogP contribution in [0.1, 0.15) is 16.7 Å². The van der Waals surface area contributed by atoms with E-state index >= 15 is 0 Å². The average Bonchev–Trinajstić information content (AvgIpc) is 3.32. The van der Waals surface area contributed by atoms with Gasteiger partial charge in [0.15, 0.2) is 0 Å². The number of benzene rings is 2. The molecule has 0 saturated carbocycles. The Labute approximate surface area is 233 Å². The molecule has 0 radical (unpaired) electrons. The first-order chi connectivity index (χ1) is 19.5. The van der Waals surface area contributed by atoms with Crippen molar-refractivity contribution < 1.29 is 0 Å². The van der Waals surface area contributed by atoms with Crippen molar-refractivity contribution in [3.8, 4) is 11.4 Å². The van der Waals surface area contributed by atoms with Crippen LogP contribution in [0.3, 0.4) is 0 Å². The molecule has 0 unspecified atom stereocenters. The number of aromatic nitrogens is 4. The molecule has 2 aromatic carbocycles. The van der Waals surface area contributed by atoms with E-state index in [-0.39, 0.29) is 5.56 Å². The lowest BCUT2D eigenvalue weighted by Gasteiger charge is -2.61. The predicted octanol–water partition coefficient (Wildman–Crippen LogP) is 4.91. The smallest absolute Gasteiger partial charge is 0.261 e. The van der Waals surface area contributed by atoms with Gasteiger partial charge in [-0.25, -0.2) is 9.97 Å². The number of nitrogens with zero attached hydrogens (tertiary/aromatic N) is 4. The molecule has 0 amide bonds. The quantitative estimate of drug-likeness (QED) is 0.276. The molecule has 3 aromatic heterocycles. The zero-order valence-electron chi connectivity index (χ0n) is 22.9. The van der Waals surface area contributed by atoms with Crippen molar-refractivity contribution >= 4 is 28.2 Å². The maximum atomic E-state index is 13.0. The van der Waals surface area contributed by atoms with Crippen molar-refractivity contribution in [2.45, 2.75) is 20.3 Å². The molecule has 0 bridgehead atoms. The summed E-state index contributed by atoms with van der Waals surface area (Å²) in [4.78, 5) is 33.4. The molecule has 5 aromatic rings. The summed E-state index contributed by atoms with van der Waals surface area (Å²) >= 11 is 0. The number of anilines is 3. The fraction of sp³-hybridized carbons (Fsp3) is 0.281. The molecule has 3 N–H and O–H groups in total. The van der Waals surface area contributed by atoms with Crippen LogP contribution in [0.2, 0.25) is 0 Å². The Balaban J connectivity index is 1.08. The van der Waals surface area contributed by atoms with E-state index in [4.69, 9.17) is 4.98 Å². The summed E-state index contributed by atoms with van der Waals surface area (Å²) in [5.74, 6) is 1.65. The lowest BCUT2D eigenvalue weighted by atomic mass is 9.72. The van der Waals surface area contributed by atoms with Crippen LogP contribution < -0.4 is 20.7 Å². The van der Waals surface area contributed by atoms with Crippen LogP contribution in [-0.4, -0.2) is 52.7 Å². The normalized spacial score (nSPS) is 15.8. The highest BCUT2D eigenvalue weighted by Gasteiger charge is 2.52. The van der Waals surface area contributed by atoms with Gasteiger partial charge < -0.3 is 25.1 Å². The lowest BCUT2D eigenvalue weighted by Crippen LogP contribution is -2.72. The maximum Gasteiger partial charge on any atom is 0.261 e. The number of nitrogens with one attached hydrogen (secondary N) is 3. The fourth-order valence-corrected chi connectivity index (χ4v) is 6.25. The molecule has 5 heterocycles. The number of H-pyrrole nitrogens is 2. The Morgan fingerprint density at radius 2 is 1.82 bits per heavy atom. The number of aryl methyl sites for hydroxylation is 2. The summed E-state index contributed by atoms with van der Waals surface area (Å²) in [7, 11) is 0. The summed E-state index contributed by atoms with van der Waals surface area (Å²) in [6.07, 6.45) is 4.41. The SMILES string of the molecule is Cc1cccc(CCNc2cc[nH]c(=O)c2-c2nc3c(C)cc(N4CC5(C4)CN(c4ccccn4)C5)cc3[nH]2)c1. The van der Waals surface area contributed by atoms with Gasteiger partial charge in [-0.1, -0.05) is 35.9 Å². The van der Waals surface area contributed by atoms with Gasteiger partial charge >= 0.3 is 0 Å². The van der Waals surface area contributed by atoms with E-state index in [1.54, 1.807) is 6.20 Å². The predicted molar refractivity (Wildman–Crippen MR) is 161 cm³/mol. The Morgan fingerprint density at radius 1 is 0.975 bits per heavy atom. The van der Waals surface area contributed by atoms with Crippen molar-refractivity contribution in [3.05, 3.63) is 100 Å². The van der Waals surface area contributed by atoms with Gasteiger partial charge in [0.25, 0.3) is 5.56 Å². The minimum absolute atomic E-state index is 0.162. The number of hydrogen-bond acceptors (Lipinski definition) is 6. The fourth-order valence-electron chi connectivity index (χ4n) is 6.25. The number of aromatic amines is 2. The van der Waals surface area contributed by atoms with Crippen LogP contribution in [0.25, 0.3) is 22.4 Å². The van der Waals surface area contributed by atoms with Gasteiger partial charge in [-0.05, 0) is 61.7 Å². The standard InChI is InChI=1S/C32H33N7O/c1-21-6-5-7-23(14-21)9-12-33-25-10-13-35-31(40)28(25)30-36-26-16-24(15-22(2)29(26)37-30)38-17-32(18-38)19-39(20-32)27-8-3-4-11-34-27/h3-8,10-11,13-16H,9,12,17-20H2,1-2H3,(H,36,37)(H2,33,35,40). The topological polar surface area (TPSA) is 92.9 Å². The van der Waals surface area contributed by atoms with E-state index in [1.807, 2.05) is 24.4 Å². The third kappa shape index (κ3) is 4.39. The summed E-state index contributed by atoms with van der Waals surface area (Å²) in [5.41, 5.74) is 8.15. The van der Waals surface area contributed by atoms with E-state index in [1.165, 1.54) is 16.8 Å². The molecule has 8 nitrogen and oxygen atoms in total. The molecular weight excluding hydrogens is 498 g/mol. The summed E-state index contributed by atoms with van der Waals surface area (Å²) in [6.45, 7) is 9.08. The Hall–Kier alpha value is -4.59. The largest absolute Gasteiger partial charge is 0.384 e. The van der Waals surface area contributed by atoms with Crippen LogP contribution in [0.4, 0.5) is 17.2 Å². The van der Waals surface area contributed by atoms with E-state index in [9.17, 15) is 4.79 Å². The molecule has 2 aliphatic heterocycles. The van der Waals surface area contributed by atoms with Crippen molar-refractivity contribution in [3.63, 3.8) is 0 Å².